The summed E-state index contributed by atoms with van der Waals surface area (Å²) in [5.74, 6) is -0.239. The monoisotopic (exact) mass is 548 g/mol. The molecule has 2 N–H and O–H groups in total. The lowest BCUT2D eigenvalue weighted by atomic mass is 9.97. The molecule has 1 aromatic heterocycles. The summed E-state index contributed by atoms with van der Waals surface area (Å²) < 4.78 is 54.8. The molecule has 1 aliphatic heterocycles. The van der Waals surface area contributed by atoms with Crippen molar-refractivity contribution in [2.45, 2.75) is 42.4 Å². The summed E-state index contributed by atoms with van der Waals surface area (Å²) in [4.78, 5) is 17.0. The zero-order chi connectivity index (χ0) is 25.9. The minimum Gasteiger partial charge on any atom is -0.326 e. The van der Waals surface area contributed by atoms with E-state index in [4.69, 9.17) is 0 Å². The number of hydrogen-bond acceptors (Lipinski definition) is 7. The Labute approximate surface area is 215 Å². The highest BCUT2D eigenvalue weighted by atomic mass is 32.2. The zero-order valence-corrected chi connectivity index (χ0v) is 22.4. The van der Waals surface area contributed by atoms with Crippen LogP contribution in [0.15, 0.2) is 69.9 Å². The molecule has 3 aromatic rings. The number of amides is 1. The van der Waals surface area contributed by atoms with Crippen LogP contribution in [-0.4, -0.2) is 45.1 Å². The summed E-state index contributed by atoms with van der Waals surface area (Å²) in [6.45, 7) is 4.62. The number of piperidine rings is 1. The third-order valence-corrected chi connectivity index (χ3v) is 10.2. The number of thiazole rings is 1. The molecular formula is C24H28N4O5S3. The number of hydrogen-bond donors (Lipinski definition) is 2. The molecule has 36 heavy (non-hydrogen) atoms. The van der Waals surface area contributed by atoms with Crippen LogP contribution in [0, 0.1) is 5.92 Å². The second-order valence-electron chi connectivity index (χ2n) is 8.86. The molecule has 1 saturated heterocycles. The number of anilines is 2. The fraction of sp³-hybridized carbons (Fsp3) is 0.333. The molecule has 9 nitrogen and oxygen atoms in total. The van der Waals surface area contributed by atoms with E-state index in [1.165, 1.54) is 46.1 Å². The zero-order valence-electron chi connectivity index (χ0n) is 19.9. The molecule has 0 spiro atoms. The Balaban J connectivity index is 1.33. The molecule has 1 amide bonds. The molecule has 0 unspecified atom stereocenters. The number of rotatable bonds is 8. The van der Waals surface area contributed by atoms with E-state index < -0.39 is 20.0 Å². The third-order valence-electron chi connectivity index (χ3n) is 6.10. The van der Waals surface area contributed by atoms with Gasteiger partial charge in [0, 0.05) is 36.3 Å². The van der Waals surface area contributed by atoms with Crippen molar-refractivity contribution >= 4 is 48.1 Å². The van der Waals surface area contributed by atoms with Crippen LogP contribution in [-0.2, 0) is 24.8 Å². The first kappa shape index (κ1) is 26.3. The number of nitrogens with zero attached hydrogens (tertiary/aromatic N) is 2. The van der Waals surface area contributed by atoms with Gasteiger partial charge in [0.05, 0.1) is 9.79 Å². The maximum atomic E-state index is 13.0. The van der Waals surface area contributed by atoms with E-state index in [0.717, 1.165) is 5.56 Å². The predicted molar refractivity (Wildman–Crippen MR) is 140 cm³/mol. The Morgan fingerprint density at radius 3 is 2.14 bits per heavy atom. The van der Waals surface area contributed by atoms with Crippen molar-refractivity contribution in [3.05, 3.63) is 65.7 Å². The Morgan fingerprint density at radius 2 is 1.58 bits per heavy atom. The van der Waals surface area contributed by atoms with E-state index in [0.29, 0.717) is 24.4 Å². The number of benzene rings is 2. The van der Waals surface area contributed by atoms with E-state index in [2.05, 4.69) is 28.9 Å². The highest BCUT2D eigenvalue weighted by Gasteiger charge is 2.32. The first-order chi connectivity index (χ1) is 17.1. The Kier molecular flexibility index (Phi) is 7.79. The number of aromatic nitrogens is 1. The molecule has 2 heterocycles. The van der Waals surface area contributed by atoms with Gasteiger partial charge in [0.2, 0.25) is 15.9 Å². The molecule has 0 aliphatic carbocycles. The van der Waals surface area contributed by atoms with E-state index in [1.807, 2.05) is 12.1 Å². The minimum absolute atomic E-state index is 0.0515. The van der Waals surface area contributed by atoms with Crippen LogP contribution in [0.25, 0.3) is 0 Å². The summed E-state index contributed by atoms with van der Waals surface area (Å²) in [6.07, 6.45) is 2.31. The van der Waals surface area contributed by atoms with Gasteiger partial charge in [0.15, 0.2) is 5.13 Å². The molecule has 1 fully saturated rings. The lowest BCUT2D eigenvalue weighted by molar-refractivity contribution is -0.120. The van der Waals surface area contributed by atoms with E-state index in [9.17, 15) is 21.6 Å². The van der Waals surface area contributed by atoms with Gasteiger partial charge in [0.1, 0.15) is 0 Å². The lowest BCUT2D eigenvalue weighted by Gasteiger charge is -2.30. The lowest BCUT2D eigenvalue weighted by Crippen LogP contribution is -2.41. The van der Waals surface area contributed by atoms with Gasteiger partial charge < -0.3 is 5.32 Å². The van der Waals surface area contributed by atoms with Crippen molar-refractivity contribution in [1.82, 2.24) is 9.29 Å². The van der Waals surface area contributed by atoms with Crippen molar-refractivity contribution in [3.8, 4) is 0 Å². The van der Waals surface area contributed by atoms with Crippen LogP contribution in [0.5, 0.6) is 0 Å². The van der Waals surface area contributed by atoms with Gasteiger partial charge in [-0.15, -0.1) is 11.3 Å². The maximum Gasteiger partial charge on any atom is 0.263 e. The summed E-state index contributed by atoms with van der Waals surface area (Å²) >= 11 is 1.17. The highest BCUT2D eigenvalue weighted by Crippen LogP contribution is 2.26. The van der Waals surface area contributed by atoms with Crippen LogP contribution in [0.4, 0.5) is 10.8 Å². The Hall–Kier alpha value is -2.80. The SMILES string of the molecule is CC(C)c1ccc(S(=O)(=O)N2CCC(C(=O)Nc3ccc(S(=O)(=O)Nc4nccs4)cc3)CC2)cc1. The van der Waals surface area contributed by atoms with Gasteiger partial charge in [-0.3, -0.25) is 9.52 Å². The summed E-state index contributed by atoms with van der Waals surface area (Å²) in [6, 6.07) is 12.8. The van der Waals surface area contributed by atoms with Gasteiger partial charge in [-0.25, -0.2) is 21.8 Å². The molecule has 2 aromatic carbocycles. The Bertz CT molecular complexity index is 1400. The number of nitrogens with one attached hydrogen (secondary N) is 2. The average molecular weight is 549 g/mol. The highest BCUT2D eigenvalue weighted by molar-refractivity contribution is 7.93. The molecule has 0 saturated carbocycles. The standard InChI is InChI=1S/C24H28N4O5S3/c1-17(2)18-3-7-22(8-4-18)36(32,33)28-14-11-19(12-15-28)23(29)26-20-5-9-21(10-6-20)35(30,31)27-24-25-13-16-34-24/h3-10,13,16-17,19H,11-12,14-15H2,1-2H3,(H,25,27)(H,26,29). The number of carbonyl (C=O) groups is 1. The molecule has 0 radical (unpaired) electrons. The van der Waals surface area contributed by atoms with Crippen LogP contribution >= 0.6 is 11.3 Å². The Morgan fingerprint density at radius 1 is 0.972 bits per heavy atom. The molecule has 0 bridgehead atoms. The van der Waals surface area contributed by atoms with Crippen molar-refractivity contribution in [1.29, 1.82) is 0 Å². The first-order valence-electron chi connectivity index (χ1n) is 11.5. The van der Waals surface area contributed by atoms with E-state index in [-0.39, 0.29) is 39.8 Å². The first-order valence-corrected chi connectivity index (χ1v) is 15.3. The van der Waals surface area contributed by atoms with Gasteiger partial charge in [0.25, 0.3) is 10.0 Å². The normalized spacial score (nSPS) is 15.6. The fourth-order valence-electron chi connectivity index (χ4n) is 3.94. The van der Waals surface area contributed by atoms with E-state index in [1.54, 1.807) is 17.5 Å². The predicted octanol–water partition coefficient (Wildman–Crippen LogP) is 4.11. The summed E-state index contributed by atoms with van der Waals surface area (Å²) in [5, 5.41) is 4.74. The summed E-state index contributed by atoms with van der Waals surface area (Å²) in [7, 11) is -7.39. The van der Waals surface area contributed by atoms with Crippen LogP contribution in [0.2, 0.25) is 0 Å². The molecule has 4 rings (SSSR count). The number of carbonyl (C=O) groups excluding carboxylic acids is 1. The summed E-state index contributed by atoms with van der Waals surface area (Å²) in [5.41, 5.74) is 1.54. The van der Waals surface area contributed by atoms with Gasteiger partial charge in [-0.2, -0.15) is 4.31 Å². The van der Waals surface area contributed by atoms with Gasteiger partial charge in [-0.1, -0.05) is 26.0 Å². The minimum atomic E-state index is -3.78. The largest absolute Gasteiger partial charge is 0.326 e. The average Bonchev–Trinajstić information content (AvgIpc) is 3.37. The van der Waals surface area contributed by atoms with Gasteiger partial charge in [-0.05, 0) is 60.7 Å². The molecule has 192 valence electrons. The van der Waals surface area contributed by atoms with Gasteiger partial charge >= 0.3 is 0 Å². The third kappa shape index (κ3) is 5.94. The molecular weight excluding hydrogens is 520 g/mol. The van der Waals surface area contributed by atoms with Crippen molar-refractivity contribution in [3.63, 3.8) is 0 Å². The topological polar surface area (TPSA) is 126 Å². The fourth-order valence-corrected chi connectivity index (χ4v) is 7.20. The maximum absolute atomic E-state index is 13.0. The second kappa shape index (κ2) is 10.7. The van der Waals surface area contributed by atoms with Crippen molar-refractivity contribution in [2.24, 2.45) is 5.92 Å². The van der Waals surface area contributed by atoms with Crippen molar-refractivity contribution in [2.75, 3.05) is 23.1 Å². The van der Waals surface area contributed by atoms with Crippen LogP contribution < -0.4 is 10.0 Å². The van der Waals surface area contributed by atoms with Crippen molar-refractivity contribution < 1.29 is 21.6 Å². The second-order valence-corrected chi connectivity index (χ2v) is 13.4. The van der Waals surface area contributed by atoms with Crippen LogP contribution in [0.1, 0.15) is 38.2 Å². The smallest absolute Gasteiger partial charge is 0.263 e. The quantitative estimate of drug-likeness (QED) is 0.436. The molecule has 0 atom stereocenters. The van der Waals surface area contributed by atoms with Crippen LogP contribution in [0.3, 0.4) is 0 Å². The molecule has 12 heteroatoms. The van der Waals surface area contributed by atoms with E-state index >= 15 is 0 Å². The molecule has 1 aliphatic rings. The number of sulfonamides is 2.